The van der Waals surface area contributed by atoms with Gasteiger partial charge in [0, 0.05) is 25.7 Å². The Kier molecular flexibility index (Phi) is 11.2. The molecule has 0 aromatic carbocycles. The van der Waals surface area contributed by atoms with Gasteiger partial charge in [0.15, 0.2) is 0 Å². The maximum atomic E-state index is 11.4. The Morgan fingerprint density at radius 1 is 1.08 bits per heavy atom. The summed E-state index contributed by atoms with van der Waals surface area (Å²) in [6.07, 6.45) is 2.57. The average molecular weight is 400 g/mol. The summed E-state index contributed by atoms with van der Waals surface area (Å²) in [5.41, 5.74) is 0. The number of rotatable bonds is 14. The van der Waals surface area contributed by atoms with Gasteiger partial charge in [-0.2, -0.15) is 0 Å². The van der Waals surface area contributed by atoms with Crippen LogP contribution in [0.2, 0.25) is 0 Å². The molecule has 2 N–H and O–H groups in total. The minimum atomic E-state index is -3.89. The van der Waals surface area contributed by atoms with Crippen LogP contribution in [-0.4, -0.2) is 67.1 Å². The zero-order valence-electron chi connectivity index (χ0n) is 14.0. The number of nitrogens with one attached hydrogen (secondary N) is 2. The Labute approximate surface area is 148 Å². The number of sulfonamides is 2. The van der Waals surface area contributed by atoms with Gasteiger partial charge in [0.1, 0.15) is 6.61 Å². The van der Waals surface area contributed by atoms with Gasteiger partial charge in [0.2, 0.25) is 26.0 Å². The van der Waals surface area contributed by atoms with E-state index in [2.05, 4.69) is 16.6 Å². The molecule has 0 heterocycles. The standard InChI is InChI=1S/C13H24N2O8S2/c1-3-13(17)23-10-7-14-12(16)6-4-8-22-9-5-11-25(20,21)15-24(2,18)19/h3,15H,1,4-11H2,2H3,(H,14,16). The summed E-state index contributed by atoms with van der Waals surface area (Å²) in [7, 11) is -7.70. The van der Waals surface area contributed by atoms with Crippen LogP contribution in [0, 0.1) is 0 Å². The molecule has 0 aromatic rings. The van der Waals surface area contributed by atoms with E-state index in [1.54, 1.807) is 4.13 Å². The molecular weight excluding hydrogens is 376 g/mol. The van der Waals surface area contributed by atoms with Gasteiger partial charge in [-0.3, -0.25) is 4.79 Å². The molecule has 10 nitrogen and oxygen atoms in total. The first-order valence-corrected chi connectivity index (χ1v) is 10.9. The Balaban J connectivity index is 3.62. The van der Waals surface area contributed by atoms with Crippen molar-refractivity contribution in [1.29, 1.82) is 0 Å². The van der Waals surface area contributed by atoms with Gasteiger partial charge in [0.25, 0.3) is 0 Å². The lowest BCUT2D eigenvalue weighted by Gasteiger charge is -2.07. The predicted molar refractivity (Wildman–Crippen MR) is 90.6 cm³/mol. The number of carbonyl (C=O) groups is 2. The highest BCUT2D eigenvalue weighted by Crippen LogP contribution is 1.95. The minimum Gasteiger partial charge on any atom is -0.461 e. The number of esters is 1. The first kappa shape index (κ1) is 23.5. The predicted octanol–water partition coefficient (Wildman–Crippen LogP) is -1.10. The van der Waals surface area contributed by atoms with Gasteiger partial charge in [0.05, 0.1) is 18.6 Å². The smallest absolute Gasteiger partial charge is 0.330 e. The van der Waals surface area contributed by atoms with E-state index >= 15 is 0 Å². The van der Waals surface area contributed by atoms with Crippen molar-refractivity contribution in [2.45, 2.75) is 19.3 Å². The molecule has 0 aliphatic carbocycles. The lowest BCUT2D eigenvalue weighted by Crippen LogP contribution is -2.31. The van der Waals surface area contributed by atoms with Gasteiger partial charge < -0.3 is 14.8 Å². The van der Waals surface area contributed by atoms with Crippen LogP contribution in [0.3, 0.4) is 0 Å². The summed E-state index contributed by atoms with van der Waals surface area (Å²) >= 11 is 0. The van der Waals surface area contributed by atoms with Crippen LogP contribution >= 0.6 is 0 Å². The Morgan fingerprint density at radius 2 is 1.72 bits per heavy atom. The third-order valence-corrected chi connectivity index (χ3v) is 5.56. The van der Waals surface area contributed by atoms with E-state index in [0.29, 0.717) is 6.42 Å². The molecule has 0 saturated heterocycles. The summed E-state index contributed by atoms with van der Waals surface area (Å²) < 4.78 is 55.8. The third kappa shape index (κ3) is 15.8. The first-order chi connectivity index (χ1) is 11.6. The van der Waals surface area contributed by atoms with Crippen LogP contribution in [0.15, 0.2) is 12.7 Å². The van der Waals surface area contributed by atoms with E-state index < -0.39 is 26.0 Å². The van der Waals surface area contributed by atoms with Crippen LogP contribution in [0.5, 0.6) is 0 Å². The van der Waals surface area contributed by atoms with Crippen molar-refractivity contribution in [2.24, 2.45) is 0 Å². The highest BCUT2D eigenvalue weighted by atomic mass is 32.3. The van der Waals surface area contributed by atoms with Crippen LogP contribution in [0.4, 0.5) is 0 Å². The number of amides is 1. The van der Waals surface area contributed by atoms with E-state index in [-0.39, 0.29) is 50.9 Å². The second kappa shape index (κ2) is 12.0. The number of carbonyl (C=O) groups excluding carboxylic acids is 2. The lowest BCUT2D eigenvalue weighted by atomic mass is 10.3. The summed E-state index contributed by atoms with van der Waals surface area (Å²) in [4.78, 5) is 22.2. The zero-order chi connectivity index (χ0) is 19.3. The quantitative estimate of drug-likeness (QED) is 0.212. The van der Waals surface area contributed by atoms with Crippen molar-refractivity contribution in [3.63, 3.8) is 0 Å². The fourth-order valence-corrected chi connectivity index (χ4v) is 4.23. The summed E-state index contributed by atoms with van der Waals surface area (Å²) in [6.45, 7) is 3.88. The largest absolute Gasteiger partial charge is 0.461 e. The van der Waals surface area contributed by atoms with Crippen LogP contribution in [-0.2, 0) is 39.1 Å². The molecule has 25 heavy (non-hydrogen) atoms. The Morgan fingerprint density at radius 3 is 2.32 bits per heavy atom. The summed E-state index contributed by atoms with van der Waals surface area (Å²) in [6, 6.07) is 0. The molecule has 0 rings (SSSR count). The molecule has 0 fully saturated rings. The van der Waals surface area contributed by atoms with Gasteiger partial charge in [-0.25, -0.2) is 21.6 Å². The van der Waals surface area contributed by atoms with Crippen molar-refractivity contribution in [2.75, 3.05) is 38.4 Å². The van der Waals surface area contributed by atoms with E-state index in [0.717, 1.165) is 12.3 Å². The number of hydrogen-bond donors (Lipinski definition) is 2. The molecule has 0 saturated carbocycles. The second-order valence-corrected chi connectivity index (χ2v) is 8.81. The lowest BCUT2D eigenvalue weighted by molar-refractivity contribution is -0.138. The van der Waals surface area contributed by atoms with E-state index in [4.69, 9.17) is 4.74 Å². The maximum absolute atomic E-state index is 11.4. The van der Waals surface area contributed by atoms with Crippen molar-refractivity contribution in [1.82, 2.24) is 9.44 Å². The van der Waals surface area contributed by atoms with Crippen LogP contribution < -0.4 is 9.44 Å². The fraction of sp³-hybridized carbons (Fsp3) is 0.692. The van der Waals surface area contributed by atoms with E-state index in [9.17, 15) is 26.4 Å². The molecular formula is C13H24N2O8S2. The van der Waals surface area contributed by atoms with Gasteiger partial charge >= 0.3 is 5.97 Å². The normalized spacial score (nSPS) is 11.7. The van der Waals surface area contributed by atoms with Crippen molar-refractivity contribution in [3.8, 4) is 0 Å². The molecule has 0 bridgehead atoms. The Bertz CT molecular complexity index is 643. The molecule has 0 unspecified atom stereocenters. The molecule has 0 radical (unpaired) electrons. The van der Waals surface area contributed by atoms with Crippen molar-refractivity contribution in [3.05, 3.63) is 12.7 Å². The van der Waals surface area contributed by atoms with Crippen molar-refractivity contribution < 1.29 is 35.9 Å². The summed E-state index contributed by atoms with van der Waals surface area (Å²) in [5.74, 6) is -1.15. The molecule has 0 aliphatic rings. The topological polar surface area (TPSA) is 145 Å². The SMILES string of the molecule is C=CC(=O)OCCNC(=O)CCCOCCCS(=O)(=O)NS(C)(=O)=O. The number of ether oxygens (including phenoxy) is 2. The van der Waals surface area contributed by atoms with Crippen molar-refractivity contribution >= 4 is 31.9 Å². The highest BCUT2D eigenvalue weighted by Gasteiger charge is 2.15. The van der Waals surface area contributed by atoms with Gasteiger partial charge in [-0.05, 0) is 12.8 Å². The van der Waals surface area contributed by atoms with E-state index in [1.165, 1.54) is 0 Å². The molecule has 0 aromatic heterocycles. The monoisotopic (exact) mass is 400 g/mol. The zero-order valence-corrected chi connectivity index (χ0v) is 15.7. The third-order valence-electron chi connectivity index (χ3n) is 2.51. The Hall–Kier alpha value is -1.50. The molecule has 12 heteroatoms. The molecule has 0 atom stereocenters. The van der Waals surface area contributed by atoms with Gasteiger partial charge in [-0.15, -0.1) is 4.13 Å². The minimum absolute atomic E-state index is 0.0586. The molecule has 1 amide bonds. The van der Waals surface area contributed by atoms with Gasteiger partial charge in [-0.1, -0.05) is 6.58 Å². The molecule has 0 aliphatic heterocycles. The second-order valence-electron chi connectivity index (χ2n) is 4.97. The molecule has 0 spiro atoms. The van der Waals surface area contributed by atoms with E-state index in [1.807, 2.05) is 0 Å². The van der Waals surface area contributed by atoms with Crippen LogP contribution in [0.1, 0.15) is 19.3 Å². The van der Waals surface area contributed by atoms with Crippen LogP contribution in [0.25, 0.3) is 0 Å². The number of hydrogen-bond acceptors (Lipinski definition) is 8. The fourth-order valence-electron chi connectivity index (χ4n) is 1.55. The maximum Gasteiger partial charge on any atom is 0.330 e. The summed E-state index contributed by atoms with van der Waals surface area (Å²) in [5, 5.41) is 2.56. The molecule has 146 valence electrons. The first-order valence-electron chi connectivity index (χ1n) is 7.40. The average Bonchev–Trinajstić information content (AvgIpc) is 2.47. The highest BCUT2D eigenvalue weighted by molar-refractivity contribution is 8.04.